The molecule has 1 aliphatic rings. The summed E-state index contributed by atoms with van der Waals surface area (Å²) in [4.78, 5) is 0. The molecule has 1 heterocycles. The Balaban J connectivity index is 2.99. The fourth-order valence-electron chi connectivity index (χ4n) is 1.05. The predicted octanol–water partition coefficient (Wildman–Crippen LogP) is 0.958. The first kappa shape index (κ1) is 10.1. The second-order valence-corrected chi connectivity index (χ2v) is 2.59. The molecular formula is C6H9F3N2O2. The summed E-state index contributed by atoms with van der Waals surface area (Å²) < 4.78 is 41.2. The largest absolute Gasteiger partial charge is 0.480 e. The first-order valence-electron chi connectivity index (χ1n) is 3.42. The highest BCUT2D eigenvalue weighted by molar-refractivity contribution is 5.18. The van der Waals surface area contributed by atoms with Crippen LogP contribution in [-0.4, -0.2) is 42.3 Å². The highest BCUT2D eigenvalue weighted by atomic mass is 19.4. The van der Waals surface area contributed by atoms with E-state index < -0.39 is 24.2 Å². The van der Waals surface area contributed by atoms with Gasteiger partial charge in [-0.3, -0.25) is 5.21 Å². The molecule has 76 valence electrons. The summed E-state index contributed by atoms with van der Waals surface area (Å²) in [6.07, 6.45) is -4.48. The molecule has 0 aromatic rings. The number of likely N-dealkylation sites (N-methyl/N-ethyl adjacent to an activating group) is 1. The Kier molecular flexibility index (Phi) is 2.40. The topological polar surface area (TPSA) is 35.9 Å². The summed E-state index contributed by atoms with van der Waals surface area (Å²) in [7, 11) is 2.39. The average molecular weight is 198 g/mol. The average Bonchev–Trinajstić information content (AvgIpc) is 2.28. The van der Waals surface area contributed by atoms with E-state index in [1.165, 1.54) is 7.05 Å². The van der Waals surface area contributed by atoms with E-state index in [0.717, 1.165) is 12.1 Å². The van der Waals surface area contributed by atoms with E-state index in [1.807, 2.05) is 0 Å². The van der Waals surface area contributed by atoms with Crippen LogP contribution in [0.2, 0.25) is 0 Å². The van der Waals surface area contributed by atoms with Gasteiger partial charge in [-0.15, -0.1) is 5.17 Å². The molecule has 0 atom stereocenters. The monoisotopic (exact) mass is 198 g/mol. The first-order valence-corrected chi connectivity index (χ1v) is 3.42. The molecule has 4 nitrogen and oxygen atoms in total. The third-order valence-electron chi connectivity index (χ3n) is 1.69. The van der Waals surface area contributed by atoms with Crippen molar-refractivity contribution in [3.8, 4) is 0 Å². The van der Waals surface area contributed by atoms with Gasteiger partial charge in [-0.25, -0.2) is 0 Å². The van der Waals surface area contributed by atoms with Crippen molar-refractivity contribution in [3.05, 3.63) is 11.5 Å². The second-order valence-electron chi connectivity index (χ2n) is 2.59. The number of rotatable bonds is 1. The van der Waals surface area contributed by atoms with E-state index in [2.05, 4.69) is 4.74 Å². The number of nitrogens with zero attached hydrogens (tertiary/aromatic N) is 2. The number of methoxy groups -OCH3 is 1. The maximum absolute atomic E-state index is 12.2. The van der Waals surface area contributed by atoms with E-state index in [4.69, 9.17) is 5.21 Å². The van der Waals surface area contributed by atoms with Crippen LogP contribution in [0.1, 0.15) is 0 Å². The number of hydrazine groups is 1. The van der Waals surface area contributed by atoms with Crippen LogP contribution in [0, 0.1) is 0 Å². The number of hydroxylamine groups is 1. The van der Waals surface area contributed by atoms with Crippen molar-refractivity contribution >= 4 is 0 Å². The highest BCUT2D eigenvalue weighted by Gasteiger charge is 2.44. The Morgan fingerprint density at radius 3 is 2.31 bits per heavy atom. The third kappa shape index (κ3) is 1.70. The Bertz CT molecular complexity index is 239. The second kappa shape index (κ2) is 3.08. The number of halogens is 3. The van der Waals surface area contributed by atoms with Crippen molar-refractivity contribution in [3.63, 3.8) is 0 Å². The van der Waals surface area contributed by atoms with Gasteiger partial charge in [0.1, 0.15) is 5.57 Å². The van der Waals surface area contributed by atoms with Gasteiger partial charge in [-0.05, 0) is 0 Å². The molecule has 0 amide bonds. The first-order chi connectivity index (χ1) is 5.88. The van der Waals surface area contributed by atoms with Gasteiger partial charge in [0.25, 0.3) is 0 Å². The third-order valence-corrected chi connectivity index (χ3v) is 1.69. The fourth-order valence-corrected chi connectivity index (χ4v) is 1.05. The molecule has 0 radical (unpaired) electrons. The van der Waals surface area contributed by atoms with Crippen LogP contribution in [0.5, 0.6) is 0 Å². The molecule has 1 N–H and O–H groups in total. The number of alkyl halides is 3. The van der Waals surface area contributed by atoms with Crippen molar-refractivity contribution in [1.82, 2.24) is 10.2 Å². The maximum atomic E-state index is 12.2. The molecular weight excluding hydrogens is 189 g/mol. The molecule has 0 saturated heterocycles. The van der Waals surface area contributed by atoms with Crippen molar-refractivity contribution < 1.29 is 23.1 Å². The lowest BCUT2D eigenvalue weighted by Gasteiger charge is -2.19. The minimum atomic E-state index is -4.48. The molecule has 0 aromatic heterocycles. The van der Waals surface area contributed by atoms with Gasteiger partial charge < -0.3 is 4.74 Å². The molecule has 0 aliphatic carbocycles. The summed E-state index contributed by atoms with van der Waals surface area (Å²) >= 11 is 0. The Morgan fingerprint density at radius 2 is 2.00 bits per heavy atom. The van der Waals surface area contributed by atoms with Crippen LogP contribution in [0.25, 0.3) is 0 Å². The SMILES string of the molecule is COC1=C(C(F)(F)F)CN(C)N1O. The van der Waals surface area contributed by atoms with Crippen molar-refractivity contribution in [1.29, 1.82) is 0 Å². The van der Waals surface area contributed by atoms with E-state index in [1.54, 1.807) is 0 Å². The zero-order valence-corrected chi connectivity index (χ0v) is 7.09. The summed E-state index contributed by atoms with van der Waals surface area (Å²) in [5.74, 6) is -0.574. The fraction of sp³-hybridized carbons (Fsp3) is 0.667. The van der Waals surface area contributed by atoms with Crippen LogP contribution in [0.4, 0.5) is 13.2 Å². The van der Waals surface area contributed by atoms with Crippen LogP contribution in [0.3, 0.4) is 0 Å². The minimum absolute atomic E-state index is 0.336. The van der Waals surface area contributed by atoms with Gasteiger partial charge in [0.05, 0.1) is 13.7 Å². The number of hydrogen-bond acceptors (Lipinski definition) is 4. The summed E-state index contributed by atoms with van der Waals surface area (Å²) in [6.45, 7) is -0.414. The van der Waals surface area contributed by atoms with Crippen LogP contribution < -0.4 is 0 Å². The zero-order chi connectivity index (χ0) is 10.2. The van der Waals surface area contributed by atoms with Crippen LogP contribution in [-0.2, 0) is 4.74 Å². The quantitative estimate of drug-likeness (QED) is 0.680. The van der Waals surface area contributed by atoms with Crippen molar-refractivity contribution in [2.45, 2.75) is 6.18 Å². The molecule has 1 aliphatic heterocycles. The Morgan fingerprint density at radius 1 is 1.46 bits per heavy atom. The zero-order valence-electron chi connectivity index (χ0n) is 7.09. The molecule has 1 rings (SSSR count). The molecule has 13 heavy (non-hydrogen) atoms. The minimum Gasteiger partial charge on any atom is -0.480 e. The molecule has 0 bridgehead atoms. The number of ether oxygens (including phenoxy) is 1. The van der Waals surface area contributed by atoms with Crippen LogP contribution >= 0.6 is 0 Å². The normalized spacial score (nSPS) is 20.0. The molecule has 0 aromatic carbocycles. The van der Waals surface area contributed by atoms with Gasteiger partial charge in [0, 0.05) is 7.05 Å². The molecule has 0 fully saturated rings. The highest BCUT2D eigenvalue weighted by Crippen LogP contribution is 2.34. The van der Waals surface area contributed by atoms with Crippen LogP contribution in [0.15, 0.2) is 11.5 Å². The van der Waals surface area contributed by atoms with Gasteiger partial charge in [0.2, 0.25) is 5.88 Å². The molecule has 0 unspecified atom stereocenters. The van der Waals surface area contributed by atoms with E-state index in [9.17, 15) is 13.2 Å². The smallest absolute Gasteiger partial charge is 0.419 e. The van der Waals surface area contributed by atoms with Gasteiger partial charge in [0.15, 0.2) is 0 Å². The molecule has 0 saturated carbocycles. The Labute approximate surface area is 72.7 Å². The molecule has 7 heteroatoms. The summed E-state index contributed by atoms with van der Waals surface area (Å²) in [5, 5.41) is 10.4. The Hall–Kier alpha value is -0.950. The lowest BCUT2D eigenvalue weighted by atomic mass is 10.3. The van der Waals surface area contributed by atoms with E-state index in [0.29, 0.717) is 5.17 Å². The summed E-state index contributed by atoms with van der Waals surface area (Å²) in [5.41, 5.74) is -0.889. The summed E-state index contributed by atoms with van der Waals surface area (Å²) in [6, 6.07) is 0. The number of hydrogen-bond donors (Lipinski definition) is 1. The van der Waals surface area contributed by atoms with E-state index >= 15 is 0 Å². The maximum Gasteiger partial charge on any atom is 0.419 e. The van der Waals surface area contributed by atoms with Gasteiger partial charge >= 0.3 is 6.18 Å². The van der Waals surface area contributed by atoms with Gasteiger partial charge in [-0.2, -0.15) is 18.2 Å². The lowest BCUT2D eigenvalue weighted by Crippen LogP contribution is -2.31. The lowest BCUT2D eigenvalue weighted by molar-refractivity contribution is -0.216. The van der Waals surface area contributed by atoms with Gasteiger partial charge in [-0.1, -0.05) is 0 Å². The van der Waals surface area contributed by atoms with Crippen molar-refractivity contribution in [2.75, 3.05) is 20.7 Å². The van der Waals surface area contributed by atoms with Crippen molar-refractivity contribution in [2.24, 2.45) is 0 Å². The molecule has 0 spiro atoms. The van der Waals surface area contributed by atoms with E-state index in [-0.39, 0.29) is 0 Å². The predicted molar refractivity (Wildman–Crippen MR) is 36.3 cm³/mol. The standard InChI is InChI=1S/C6H9F3N2O2/c1-10-3-4(6(7,8)9)5(13-2)11(10)12/h12H,3H2,1-2H3.